The van der Waals surface area contributed by atoms with Crippen LogP contribution < -0.4 is 0 Å². The quantitative estimate of drug-likeness (QED) is 0.599. The second-order valence-electron chi connectivity index (χ2n) is 6.63. The van der Waals surface area contributed by atoms with Gasteiger partial charge >= 0.3 is 5.97 Å². The maximum Gasteiger partial charge on any atom is 0.337 e. The molecule has 1 aliphatic carbocycles. The average molecular weight is 332 g/mol. The highest BCUT2D eigenvalue weighted by atomic mass is 16.4. The summed E-state index contributed by atoms with van der Waals surface area (Å²) < 4.78 is 1.84. The molecule has 25 heavy (non-hydrogen) atoms. The highest BCUT2D eigenvalue weighted by Gasteiger charge is 2.25. The van der Waals surface area contributed by atoms with Crippen LogP contribution in [0, 0.1) is 0 Å². The van der Waals surface area contributed by atoms with Gasteiger partial charge in [-0.05, 0) is 48.6 Å². The summed E-state index contributed by atoms with van der Waals surface area (Å²) in [6.07, 6.45) is 4.02. The monoisotopic (exact) mass is 332 g/mol. The topological polar surface area (TPSA) is 83.8 Å². The van der Waals surface area contributed by atoms with Gasteiger partial charge in [0.05, 0.1) is 33.5 Å². The molecule has 1 aliphatic rings. The number of aryl methyl sites for hydroxylation is 1. The Labute approximate surface area is 143 Å². The molecule has 0 radical (unpaired) electrons. The molecular weight excluding hydrogens is 316 g/mol. The summed E-state index contributed by atoms with van der Waals surface area (Å²) in [6, 6.07) is 9.84. The second-order valence-corrected chi connectivity index (χ2v) is 6.63. The first-order valence-corrected chi connectivity index (χ1v) is 8.30. The van der Waals surface area contributed by atoms with Crippen LogP contribution in [0.2, 0.25) is 0 Å². The molecule has 0 spiro atoms. The van der Waals surface area contributed by atoms with E-state index in [1.165, 1.54) is 30.7 Å². The van der Waals surface area contributed by atoms with Crippen LogP contribution in [-0.4, -0.2) is 30.8 Å². The van der Waals surface area contributed by atoms with Crippen LogP contribution in [-0.2, 0) is 7.05 Å². The standard InChI is InChI=1S/C19H16N4O2/c1-23-18(13-8-11(10-2-3-10)4-5-14(13)22-23)16-9-15-17(21-16)12(19(24)25)6-7-20-15/h4-10,21H,2-3H2,1H3,(H,24,25). The van der Waals surface area contributed by atoms with E-state index in [4.69, 9.17) is 0 Å². The van der Waals surface area contributed by atoms with Crippen LogP contribution in [0.3, 0.4) is 0 Å². The zero-order chi connectivity index (χ0) is 17.1. The Balaban J connectivity index is 1.76. The number of aromatic nitrogens is 4. The van der Waals surface area contributed by atoms with Gasteiger partial charge in [0.15, 0.2) is 0 Å². The molecule has 0 bridgehead atoms. The summed E-state index contributed by atoms with van der Waals surface area (Å²) in [5.41, 5.74) is 5.47. The van der Waals surface area contributed by atoms with E-state index in [0.29, 0.717) is 17.0 Å². The zero-order valence-corrected chi connectivity index (χ0v) is 13.7. The molecule has 0 atom stereocenters. The van der Waals surface area contributed by atoms with E-state index in [1.807, 2.05) is 17.8 Å². The highest BCUT2D eigenvalue weighted by molar-refractivity contribution is 6.03. The Bertz CT molecular complexity index is 1150. The number of hydrogen-bond acceptors (Lipinski definition) is 3. The predicted octanol–water partition coefficient (Wildman–Crippen LogP) is 3.69. The zero-order valence-electron chi connectivity index (χ0n) is 13.7. The van der Waals surface area contributed by atoms with E-state index in [2.05, 4.69) is 33.3 Å². The first-order valence-electron chi connectivity index (χ1n) is 8.30. The summed E-state index contributed by atoms with van der Waals surface area (Å²) >= 11 is 0. The molecule has 1 aromatic carbocycles. The van der Waals surface area contributed by atoms with Gasteiger partial charge in [-0.2, -0.15) is 5.10 Å². The number of pyridine rings is 1. The van der Waals surface area contributed by atoms with Crippen LogP contribution in [0.4, 0.5) is 0 Å². The molecule has 2 N–H and O–H groups in total. The van der Waals surface area contributed by atoms with Crippen molar-refractivity contribution in [3.05, 3.63) is 47.7 Å². The molecule has 0 aliphatic heterocycles. The minimum absolute atomic E-state index is 0.224. The number of H-pyrrole nitrogens is 1. The van der Waals surface area contributed by atoms with Gasteiger partial charge in [0, 0.05) is 18.6 Å². The Hall–Kier alpha value is -3.15. The number of carboxylic acids is 1. The lowest BCUT2D eigenvalue weighted by Gasteiger charge is -2.01. The lowest BCUT2D eigenvalue weighted by Crippen LogP contribution is -1.98. The summed E-state index contributed by atoms with van der Waals surface area (Å²) in [5.74, 6) is -0.299. The molecule has 0 amide bonds. The molecular formula is C19H16N4O2. The van der Waals surface area contributed by atoms with Gasteiger partial charge in [-0.25, -0.2) is 4.79 Å². The number of hydrogen-bond donors (Lipinski definition) is 2. The molecule has 124 valence electrons. The van der Waals surface area contributed by atoms with E-state index in [0.717, 1.165) is 22.3 Å². The Kier molecular flexibility index (Phi) is 2.80. The summed E-state index contributed by atoms with van der Waals surface area (Å²) in [7, 11) is 1.91. The lowest BCUT2D eigenvalue weighted by molar-refractivity contribution is 0.0699. The van der Waals surface area contributed by atoms with E-state index in [1.54, 1.807) is 0 Å². The van der Waals surface area contributed by atoms with Gasteiger partial charge in [-0.1, -0.05) is 6.07 Å². The molecule has 6 heteroatoms. The molecule has 0 unspecified atom stereocenters. The van der Waals surface area contributed by atoms with Crippen molar-refractivity contribution in [2.75, 3.05) is 0 Å². The maximum atomic E-state index is 11.5. The SMILES string of the molecule is Cn1nc2ccc(C3CC3)cc2c1-c1cc2nccc(C(=O)O)c2[nH]1. The first-order chi connectivity index (χ1) is 12.1. The first kappa shape index (κ1) is 14.2. The Morgan fingerprint density at radius 2 is 2.08 bits per heavy atom. The van der Waals surface area contributed by atoms with Crippen molar-refractivity contribution >= 4 is 27.9 Å². The number of benzene rings is 1. The Morgan fingerprint density at radius 1 is 1.24 bits per heavy atom. The number of nitrogens with zero attached hydrogens (tertiary/aromatic N) is 3. The summed E-state index contributed by atoms with van der Waals surface area (Å²) in [4.78, 5) is 19.0. The average Bonchev–Trinajstić information content (AvgIpc) is 3.26. The summed E-state index contributed by atoms with van der Waals surface area (Å²) in [6.45, 7) is 0. The van der Waals surface area contributed by atoms with Gasteiger partial charge in [-0.3, -0.25) is 9.67 Å². The molecule has 4 aromatic rings. The van der Waals surface area contributed by atoms with E-state index in [-0.39, 0.29) is 5.56 Å². The molecule has 1 fully saturated rings. The van der Waals surface area contributed by atoms with Crippen LogP contribution in [0.5, 0.6) is 0 Å². The Morgan fingerprint density at radius 3 is 2.84 bits per heavy atom. The third kappa shape index (κ3) is 2.14. The number of nitrogens with one attached hydrogen (secondary N) is 1. The van der Waals surface area contributed by atoms with Crippen LogP contribution in [0.25, 0.3) is 33.3 Å². The highest BCUT2D eigenvalue weighted by Crippen LogP contribution is 2.42. The fourth-order valence-electron chi connectivity index (χ4n) is 3.54. The van der Waals surface area contributed by atoms with Crippen molar-refractivity contribution in [1.82, 2.24) is 19.7 Å². The van der Waals surface area contributed by atoms with Crippen LogP contribution in [0.1, 0.15) is 34.7 Å². The largest absolute Gasteiger partial charge is 0.478 e. The number of aromatic amines is 1. The number of rotatable bonds is 3. The predicted molar refractivity (Wildman–Crippen MR) is 94.7 cm³/mol. The van der Waals surface area contributed by atoms with Crippen LogP contribution in [0.15, 0.2) is 36.5 Å². The smallest absolute Gasteiger partial charge is 0.337 e. The third-order valence-electron chi connectivity index (χ3n) is 4.91. The third-order valence-corrected chi connectivity index (χ3v) is 4.91. The maximum absolute atomic E-state index is 11.5. The lowest BCUT2D eigenvalue weighted by atomic mass is 10.1. The van der Waals surface area contributed by atoms with E-state index >= 15 is 0 Å². The van der Waals surface area contributed by atoms with Crippen molar-refractivity contribution in [3.63, 3.8) is 0 Å². The van der Waals surface area contributed by atoms with Crippen molar-refractivity contribution in [2.24, 2.45) is 7.05 Å². The van der Waals surface area contributed by atoms with Gasteiger partial charge in [0.1, 0.15) is 0 Å². The fraction of sp³-hybridized carbons (Fsp3) is 0.211. The summed E-state index contributed by atoms with van der Waals surface area (Å²) in [5, 5.41) is 15.1. The van der Waals surface area contributed by atoms with E-state index < -0.39 is 5.97 Å². The fourth-order valence-corrected chi connectivity index (χ4v) is 3.54. The molecule has 5 rings (SSSR count). The van der Waals surface area contributed by atoms with Crippen molar-refractivity contribution in [1.29, 1.82) is 0 Å². The number of aromatic carboxylic acids is 1. The van der Waals surface area contributed by atoms with Gasteiger partial charge in [0.2, 0.25) is 0 Å². The van der Waals surface area contributed by atoms with Crippen LogP contribution >= 0.6 is 0 Å². The molecule has 3 aromatic heterocycles. The molecule has 6 nitrogen and oxygen atoms in total. The second kappa shape index (κ2) is 4.92. The van der Waals surface area contributed by atoms with Gasteiger partial charge in [0.25, 0.3) is 0 Å². The van der Waals surface area contributed by atoms with Crippen molar-refractivity contribution in [3.8, 4) is 11.4 Å². The number of fused-ring (bicyclic) bond motifs is 2. The number of carbonyl (C=O) groups is 1. The van der Waals surface area contributed by atoms with E-state index in [9.17, 15) is 9.90 Å². The number of carboxylic acid groups (broad SMARTS) is 1. The van der Waals surface area contributed by atoms with Gasteiger partial charge < -0.3 is 10.1 Å². The van der Waals surface area contributed by atoms with Gasteiger partial charge in [-0.15, -0.1) is 0 Å². The normalized spacial score (nSPS) is 14.4. The molecule has 3 heterocycles. The molecule has 1 saturated carbocycles. The van der Waals surface area contributed by atoms with Crippen molar-refractivity contribution in [2.45, 2.75) is 18.8 Å². The minimum atomic E-state index is -0.966. The van der Waals surface area contributed by atoms with Crippen molar-refractivity contribution < 1.29 is 9.90 Å². The molecule has 0 saturated heterocycles. The minimum Gasteiger partial charge on any atom is -0.478 e.